The van der Waals surface area contributed by atoms with Gasteiger partial charge in [-0.2, -0.15) is 0 Å². The van der Waals surface area contributed by atoms with Crippen LogP contribution in [0.3, 0.4) is 0 Å². The van der Waals surface area contributed by atoms with Gasteiger partial charge in [0, 0.05) is 4.47 Å². The minimum absolute atomic E-state index is 0.510. The Morgan fingerprint density at radius 1 is 1.44 bits per heavy atom. The third-order valence-corrected chi connectivity index (χ3v) is 2.67. The number of nitrogens with two attached hydrogens (primary N) is 1. The van der Waals surface area contributed by atoms with Gasteiger partial charge in [-0.25, -0.2) is 4.79 Å². The molecule has 0 aliphatic carbocycles. The van der Waals surface area contributed by atoms with Crippen molar-refractivity contribution in [2.45, 2.75) is 13.0 Å². The van der Waals surface area contributed by atoms with Crippen molar-refractivity contribution in [1.29, 1.82) is 0 Å². The Morgan fingerprint density at radius 2 is 2.11 bits per heavy atom. The van der Waals surface area contributed by atoms with Crippen molar-refractivity contribution in [3.05, 3.63) is 22.7 Å². The molecule has 0 aliphatic rings. The van der Waals surface area contributed by atoms with E-state index in [1.807, 2.05) is 11.4 Å². The molecule has 0 saturated heterocycles. The van der Waals surface area contributed by atoms with Gasteiger partial charge in [0.05, 0.1) is 12.8 Å². The number of halogens is 1. The van der Waals surface area contributed by atoms with Crippen molar-refractivity contribution in [3.63, 3.8) is 0 Å². The number of benzene rings is 1. The maximum Gasteiger partial charge on any atom is 0.318 e. The molecule has 1 unspecified atom stereocenters. The minimum Gasteiger partial charge on any atom is -0.495 e. The highest BCUT2D eigenvalue weighted by Crippen LogP contribution is 2.28. The first-order valence-electron chi connectivity index (χ1n) is 5.14. The third-order valence-electron chi connectivity index (χ3n) is 2.17. The van der Waals surface area contributed by atoms with Gasteiger partial charge in [-0.05, 0) is 25.1 Å². The number of carbonyl (C=O) groups excluding carboxylic acids is 2. The van der Waals surface area contributed by atoms with Gasteiger partial charge in [0.15, 0.2) is 0 Å². The lowest BCUT2D eigenvalue weighted by atomic mass is 10.2. The molecule has 3 amide bonds. The molecule has 1 aromatic rings. The summed E-state index contributed by atoms with van der Waals surface area (Å²) in [5.41, 5.74) is 5.51. The van der Waals surface area contributed by atoms with Crippen LogP contribution in [-0.4, -0.2) is 25.1 Å². The first kappa shape index (κ1) is 14.3. The molecule has 0 fully saturated rings. The number of hydrogen-bond acceptors (Lipinski definition) is 4. The molecule has 1 aromatic carbocycles. The predicted octanol–water partition coefficient (Wildman–Crippen LogP) is 1.45. The number of anilines is 1. The maximum atomic E-state index is 11.5. The topological polar surface area (TPSA) is 93.4 Å². The summed E-state index contributed by atoms with van der Waals surface area (Å²) in [4.78, 5) is 22.1. The van der Waals surface area contributed by atoms with Gasteiger partial charge < -0.3 is 15.8 Å². The van der Waals surface area contributed by atoms with E-state index in [0.717, 1.165) is 4.47 Å². The van der Waals surface area contributed by atoms with E-state index in [9.17, 15) is 9.59 Å². The summed E-state index contributed by atoms with van der Waals surface area (Å²) in [6, 6.07) is 3.84. The lowest BCUT2D eigenvalue weighted by molar-refractivity contribution is -0.120. The molecular weight excluding hydrogens is 302 g/mol. The SMILES string of the molecule is COc1ccc(Br)cc1NC(C)C(=O)NC(N)=O. The number of methoxy groups -OCH3 is 1. The van der Waals surface area contributed by atoms with Crippen LogP contribution in [0.1, 0.15) is 6.92 Å². The zero-order valence-electron chi connectivity index (χ0n) is 9.99. The number of nitrogens with one attached hydrogen (secondary N) is 2. The number of rotatable bonds is 4. The Balaban J connectivity index is 2.80. The average molecular weight is 316 g/mol. The molecule has 7 heteroatoms. The summed E-state index contributed by atoms with van der Waals surface area (Å²) in [5.74, 6) is 0.0847. The molecule has 0 heterocycles. The number of primary amides is 1. The van der Waals surface area contributed by atoms with Gasteiger partial charge >= 0.3 is 6.03 Å². The fourth-order valence-electron chi connectivity index (χ4n) is 1.32. The molecule has 4 N–H and O–H groups in total. The Bertz CT molecular complexity index is 465. The molecule has 1 rings (SSSR count). The van der Waals surface area contributed by atoms with Crippen LogP contribution in [0.25, 0.3) is 0 Å². The Morgan fingerprint density at radius 3 is 2.67 bits per heavy atom. The standard InChI is InChI=1S/C11H14BrN3O3/c1-6(10(16)15-11(13)17)14-8-5-7(12)3-4-9(8)18-2/h3-6,14H,1-2H3,(H3,13,15,16,17). The molecule has 1 atom stereocenters. The van der Waals surface area contributed by atoms with Crippen molar-refractivity contribution >= 4 is 33.6 Å². The Labute approximate surface area is 113 Å². The molecule has 18 heavy (non-hydrogen) atoms. The van der Waals surface area contributed by atoms with Gasteiger partial charge in [-0.1, -0.05) is 15.9 Å². The highest BCUT2D eigenvalue weighted by Gasteiger charge is 2.16. The summed E-state index contributed by atoms with van der Waals surface area (Å²) in [6.45, 7) is 1.61. The number of urea groups is 1. The van der Waals surface area contributed by atoms with Crippen LogP contribution in [0.5, 0.6) is 5.75 Å². The van der Waals surface area contributed by atoms with E-state index in [4.69, 9.17) is 10.5 Å². The second-order valence-corrected chi connectivity index (χ2v) is 4.48. The lowest BCUT2D eigenvalue weighted by Crippen LogP contribution is -2.43. The van der Waals surface area contributed by atoms with E-state index in [0.29, 0.717) is 11.4 Å². The van der Waals surface area contributed by atoms with E-state index in [1.165, 1.54) is 7.11 Å². The fraction of sp³-hybridized carbons (Fsp3) is 0.273. The van der Waals surface area contributed by atoms with Crippen molar-refractivity contribution in [1.82, 2.24) is 5.32 Å². The van der Waals surface area contributed by atoms with Gasteiger partial charge in [0.2, 0.25) is 5.91 Å². The van der Waals surface area contributed by atoms with Crippen molar-refractivity contribution in [3.8, 4) is 5.75 Å². The fourth-order valence-corrected chi connectivity index (χ4v) is 1.68. The summed E-state index contributed by atoms with van der Waals surface area (Å²) < 4.78 is 6.00. The van der Waals surface area contributed by atoms with E-state index in [2.05, 4.69) is 21.2 Å². The Kier molecular flexibility index (Phi) is 4.96. The molecule has 6 nitrogen and oxygen atoms in total. The van der Waals surface area contributed by atoms with E-state index in [-0.39, 0.29) is 0 Å². The van der Waals surface area contributed by atoms with Gasteiger partial charge in [-0.3, -0.25) is 10.1 Å². The second kappa shape index (κ2) is 6.25. The van der Waals surface area contributed by atoms with E-state index >= 15 is 0 Å². The van der Waals surface area contributed by atoms with E-state index < -0.39 is 18.0 Å². The number of hydrogen-bond donors (Lipinski definition) is 3. The van der Waals surface area contributed by atoms with Crippen LogP contribution in [0.4, 0.5) is 10.5 Å². The first-order chi connectivity index (χ1) is 8.43. The van der Waals surface area contributed by atoms with Crippen molar-refractivity contribution in [2.24, 2.45) is 5.73 Å². The number of imide groups is 1. The first-order valence-corrected chi connectivity index (χ1v) is 5.93. The quantitative estimate of drug-likeness (QED) is 0.784. The van der Waals surface area contributed by atoms with Crippen LogP contribution < -0.4 is 21.1 Å². The molecule has 0 aromatic heterocycles. The van der Waals surface area contributed by atoms with Gasteiger partial charge in [0.1, 0.15) is 11.8 Å². The van der Waals surface area contributed by atoms with Gasteiger partial charge in [-0.15, -0.1) is 0 Å². The normalized spacial score (nSPS) is 11.5. The summed E-state index contributed by atoms with van der Waals surface area (Å²) in [6.07, 6.45) is 0. The largest absolute Gasteiger partial charge is 0.495 e. The highest BCUT2D eigenvalue weighted by molar-refractivity contribution is 9.10. The zero-order valence-corrected chi connectivity index (χ0v) is 11.6. The summed E-state index contributed by atoms with van der Waals surface area (Å²) >= 11 is 3.32. The molecule has 0 bridgehead atoms. The molecule has 0 spiro atoms. The second-order valence-electron chi connectivity index (χ2n) is 3.56. The maximum absolute atomic E-state index is 11.5. The molecule has 0 radical (unpaired) electrons. The van der Waals surface area contributed by atoms with Crippen LogP contribution >= 0.6 is 15.9 Å². The monoisotopic (exact) mass is 315 g/mol. The van der Waals surface area contributed by atoms with E-state index in [1.54, 1.807) is 19.1 Å². The zero-order chi connectivity index (χ0) is 13.7. The molecule has 0 aliphatic heterocycles. The van der Waals surface area contributed by atoms with Crippen LogP contribution in [-0.2, 0) is 4.79 Å². The lowest BCUT2D eigenvalue weighted by Gasteiger charge is -2.16. The molecule has 0 saturated carbocycles. The van der Waals surface area contributed by atoms with Crippen LogP contribution in [0.15, 0.2) is 22.7 Å². The van der Waals surface area contributed by atoms with Gasteiger partial charge in [0.25, 0.3) is 0 Å². The predicted molar refractivity (Wildman–Crippen MR) is 71.5 cm³/mol. The summed E-state index contributed by atoms with van der Waals surface area (Å²) in [7, 11) is 1.53. The van der Waals surface area contributed by atoms with Crippen LogP contribution in [0.2, 0.25) is 0 Å². The number of amides is 3. The average Bonchev–Trinajstić information content (AvgIpc) is 2.28. The smallest absolute Gasteiger partial charge is 0.318 e. The number of ether oxygens (including phenoxy) is 1. The van der Waals surface area contributed by atoms with Crippen molar-refractivity contribution < 1.29 is 14.3 Å². The molecule has 98 valence electrons. The van der Waals surface area contributed by atoms with Crippen LogP contribution in [0, 0.1) is 0 Å². The van der Waals surface area contributed by atoms with Crippen molar-refractivity contribution in [2.75, 3.05) is 12.4 Å². The minimum atomic E-state index is -0.880. The third kappa shape index (κ3) is 3.92. The summed E-state index contributed by atoms with van der Waals surface area (Å²) in [5, 5.41) is 4.93. The number of carbonyl (C=O) groups is 2. The highest BCUT2D eigenvalue weighted by atomic mass is 79.9. The molecular formula is C11H14BrN3O3. The Hall–Kier alpha value is -1.76.